The molecule has 5 rings (SSSR count). The molecule has 0 aromatic heterocycles. The molecule has 0 heteroatoms. The highest BCUT2D eigenvalue weighted by atomic mass is 14.5. The summed E-state index contributed by atoms with van der Waals surface area (Å²) >= 11 is 0. The molecule has 5 fully saturated rings. The van der Waals surface area contributed by atoms with Crippen LogP contribution in [0.1, 0.15) is 150 Å². The van der Waals surface area contributed by atoms with Crippen LogP contribution in [-0.4, -0.2) is 0 Å². The maximum absolute atomic E-state index is 2.59. The Bertz CT molecular complexity index is 573. The van der Waals surface area contributed by atoms with E-state index in [1.165, 1.54) is 70.6 Å². The third-order valence-corrected chi connectivity index (χ3v) is 12.2. The van der Waals surface area contributed by atoms with Crippen LogP contribution < -0.4 is 0 Å². The summed E-state index contributed by atoms with van der Waals surface area (Å²) in [7, 11) is 0. The van der Waals surface area contributed by atoms with Crippen molar-refractivity contribution in [2.45, 2.75) is 150 Å². The third-order valence-electron chi connectivity index (χ3n) is 12.2. The fourth-order valence-electron chi connectivity index (χ4n) is 10.4. The first kappa shape index (κ1) is 27.0. The Balaban J connectivity index is 0.000000166. The summed E-state index contributed by atoms with van der Waals surface area (Å²) in [6.45, 7) is 12.3. The molecule has 0 N–H and O–H groups in total. The van der Waals surface area contributed by atoms with Gasteiger partial charge in [-0.05, 0) is 110 Å². The lowest BCUT2D eigenvalue weighted by atomic mass is 9.58. The van der Waals surface area contributed by atoms with Gasteiger partial charge in [0.05, 0.1) is 0 Å². The predicted octanol–water partition coefficient (Wildman–Crippen LogP) is 10.9. The van der Waals surface area contributed by atoms with Crippen molar-refractivity contribution >= 4 is 0 Å². The fourth-order valence-corrected chi connectivity index (χ4v) is 10.4. The second-order valence-corrected chi connectivity index (χ2v) is 14.4. The number of hydrogen-bond acceptors (Lipinski definition) is 0. The van der Waals surface area contributed by atoms with Crippen molar-refractivity contribution in [3.8, 4) is 0 Å². The van der Waals surface area contributed by atoms with Gasteiger partial charge in [-0.3, -0.25) is 0 Å². The number of unbranched alkanes of at least 4 members (excludes halogenated alkanes) is 1. The molecule has 34 heavy (non-hydrogen) atoms. The number of hydrogen-bond donors (Lipinski definition) is 0. The van der Waals surface area contributed by atoms with Crippen molar-refractivity contribution < 1.29 is 0 Å². The lowest BCUT2D eigenvalue weighted by Gasteiger charge is -2.47. The first-order valence-electron chi connectivity index (χ1n) is 16.5. The monoisotopic (exact) mass is 470 g/mol. The van der Waals surface area contributed by atoms with Crippen molar-refractivity contribution in [3.63, 3.8) is 0 Å². The first-order chi connectivity index (χ1) is 16.5. The topological polar surface area (TPSA) is 0 Å². The average molecular weight is 471 g/mol. The van der Waals surface area contributed by atoms with E-state index < -0.39 is 0 Å². The molecule has 0 aliphatic heterocycles. The van der Waals surface area contributed by atoms with E-state index in [0.29, 0.717) is 0 Å². The Labute approximate surface area is 215 Å². The second-order valence-electron chi connectivity index (χ2n) is 14.4. The van der Waals surface area contributed by atoms with Crippen LogP contribution in [0.2, 0.25) is 0 Å². The summed E-state index contributed by atoms with van der Waals surface area (Å²) < 4.78 is 0. The lowest BCUT2D eigenvalue weighted by molar-refractivity contribution is 0.0160. The van der Waals surface area contributed by atoms with E-state index in [2.05, 4.69) is 34.6 Å². The number of rotatable bonds is 6. The highest BCUT2D eigenvalue weighted by Crippen LogP contribution is 2.56. The largest absolute Gasteiger partial charge is 0.0654 e. The minimum absolute atomic E-state index is 1.01. The highest BCUT2D eigenvalue weighted by Gasteiger charge is 2.47. The Hall–Kier alpha value is 0. The summed E-state index contributed by atoms with van der Waals surface area (Å²) in [4.78, 5) is 0. The van der Waals surface area contributed by atoms with Crippen LogP contribution in [0.25, 0.3) is 0 Å². The van der Waals surface area contributed by atoms with Gasteiger partial charge in [-0.2, -0.15) is 0 Å². The summed E-state index contributed by atoms with van der Waals surface area (Å²) in [6.07, 6.45) is 27.5. The zero-order valence-corrected chi connectivity index (χ0v) is 24.1. The van der Waals surface area contributed by atoms with Gasteiger partial charge < -0.3 is 0 Å². The molecule has 0 aromatic carbocycles. The van der Waals surface area contributed by atoms with Gasteiger partial charge in [0.2, 0.25) is 0 Å². The Morgan fingerprint density at radius 2 is 1.32 bits per heavy atom. The molecule has 0 aromatic rings. The van der Waals surface area contributed by atoms with Crippen molar-refractivity contribution in [1.82, 2.24) is 0 Å². The molecule has 10 unspecified atom stereocenters. The molecule has 0 amide bonds. The Kier molecular flexibility index (Phi) is 10.3. The summed E-state index contributed by atoms with van der Waals surface area (Å²) in [6, 6.07) is 0. The molecule has 0 radical (unpaired) electrons. The molecule has 0 saturated heterocycles. The van der Waals surface area contributed by atoms with Gasteiger partial charge in [0, 0.05) is 0 Å². The molecular formula is C34H62. The van der Waals surface area contributed by atoms with Crippen molar-refractivity contribution in [2.24, 2.45) is 65.1 Å². The van der Waals surface area contributed by atoms with Gasteiger partial charge in [-0.1, -0.05) is 105 Å². The minimum Gasteiger partial charge on any atom is -0.0654 e. The molecule has 5 saturated carbocycles. The second kappa shape index (κ2) is 13.0. The molecule has 0 heterocycles. The minimum atomic E-state index is 1.01. The maximum Gasteiger partial charge on any atom is -0.0324 e. The van der Waals surface area contributed by atoms with Crippen LogP contribution in [-0.2, 0) is 0 Å². The van der Waals surface area contributed by atoms with E-state index in [1.807, 2.05) is 0 Å². The first-order valence-corrected chi connectivity index (χ1v) is 16.5. The molecule has 5 aliphatic carbocycles. The zero-order chi connectivity index (χ0) is 24.1. The van der Waals surface area contributed by atoms with Gasteiger partial charge >= 0.3 is 0 Å². The standard InChI is InChI=1S/C19H34.C15H28/c1-3-4-11-17-14(2)13-16-10-7-12-18(16)19(17)15-8-5-6-9-15;1-4-13-6-8-15(12(3)10-13)14-7-5-11(2)9-14/h14-19H,3-13H2,1-2H3;11-15H,4-10H2,1-3H3. The Morgan fingerprint density at radius 3 is 1.97 bits per heavy atom. The van der Waals surface area contributed by atoms with Gasteiger partial charge in [-0.25, -0.2) is 0 Å². The summed E-state index contributed by atoms with van der Waals surface area (Å²) in [5, 5.41) is 0. The van der Waals surface area contributed by atoms with E-state index >= 15 is 0 Å². The summed E-state index contributed by atoms with van der Waals surface area (Å²) in [5.74, 6) is 11.9. The van der Waals surface area contributed by atoms with Crippen LogP contribution in [0.15, 0.2) is 0 Å². The van der Waals surface area contributed by atoms with E-state index in [4.69, 9.17) is 0 Å². The highest BCUT2D eigenvalue weighted by molar-refractivity contribution is 4.97. The molecule has 5 aliphatic rings. The quantitative estimate of drug-likeness (QED) is 0.362. The molecule has 0 nitrogen and oxygen atoms in total. The van der Waals surface area contributed by atoms with Crippen LogP contribution in [0.4, 0.5) is 0 Å². The van der Waals surface area contributed by atoms with Crippen molar-refractivity contribution in [2.75, 3.05) is 0 Å². The van der Waals surface area contributed by atoms with Gasteiger partial charge in [0.15, 0.2) is 0 Å². The normalized spacial score (nSPS) is 45.1. The molecule has 0 bridgehead atoms. The van der Waals surface area contributed by atoms with Gasteiger partial charge in [0.25, 0.3) is 0 Å². The van der Waals surface area contributed by atoms with Crippen LogP contribution in [0, 0.1) is 65.1 Å². The van der Waals surface area contributed by atoms with E-state index in [0.717, 1.165) is 65.1 Å². The smallest absolute Gasteiger partial charge is 0.0324 e. The van der Waals surface area contributed by atoms with Crippen molar-refractivity contribution in [1.29, 1.82) is 0 Å². The summed E-state index contributed by atoms with van der Waals surface area (Å²) in [5.41, 5.74) is 0. The maximum atomic E-state index is 2.59. The van der Waals surface area contributed by atoms with E-state index in [9.17, 15) is 0 Å². The van der Waals surface area contributed by atoms with Crippen LogP contribution >= 0.6 is 0 Å². The van der Waals surface area contributed by atoms with Crippen LogP contribution in [0.3, 0.4) is 0 Å². The predicted molar refractivity (Wildman–Crippen MR) is 150 cm³/mol. The fraction of sp³-hybridized carbons (Fsp3) is 1.00. The van der Waals surface area contributed by atoms with Gasteiger partial charge in [0.1, 0.15) is 0 Å². The Morgan fingerprint density at radius 1 is 0.588 bits per heavy atom. The molecule has 10 atom stereocenters. The third kappa shape index (κ3) is 6.46. The van der Waals surface area contributed by atoms with Gasteiger partial charge in [-0.15, -0.1) is 0 Å². The molecule has 198 valence electrons. The van der Waals surface area contributed by atoms with Crippen LogP contribution in [0.5, 0.6) is 0 Å². The zero-order valence-electron chi connectivity index (χ0n) is 24.1. The SMILES string of the molecule is CCC1CCC(C2CCC(C)C2)C(C)C1.CCCCC1C(C)CC2CCCC2C1C1CCCC1. The molecule has 0 spiro atoms. The number of fused-ring (bicyclic) bond motifs is 1. The molecular weight excluding hydrogens is 408 g/mol. The average Bonchev–Trinajstić information content (AvgIpc) is 3.60. The van der Waals surface area contributed by atoms with E-state index in [1.54, 1.807) is 44.9 Å². The lowest BCUT2D eigenvalue weighted by Crippen LogP contribution is -2.40. The van der Waals surface area contributed by atoms with E-state index in [-0.39, 0.29) is 0 Å². The van der Waals surface area contributed by atoms with Crippen molar-refractivity contribution in [3.05, 3.63) is 0 Å².